The van der Waals surface area contributed by atoms with Gasteiger partial charge in [-0.2, -0.15) is 0 Å². The molecule has 60 heavy (non-hydrogen) atoms. The van der Waals surface area contributed by atoms with E-state index < -0.39 is 83.7 Å². The van der Waals surface area contributed by atoms with Crippen molar-refractivity contribution in [3.8, 4) is 0 Å². The van der Waals surface area contributed by atoms with Crippen LogP contribution in [0.4, 0.5) is 0 Å². The standard InChI is InChI=1S/C31H53N7O10.C4H10.C3H6O2.C2H6.H2O/c1-8-20(40)14-31(5,6)48-13-11-30(3,4)29(47)36-18-25(44)38-12-9-10-21(38)27(45)34-17-24(43)37-26(19(2)39)28(46)35-16-23(42)33-15-22(41)32-7;1-4(2)3;1-2-3(4)5;1-2;/h19,21,26,39H,8-18H2,1-7H3,(H,32,41)(H,33,42)(H,34,45)(H,35,46)(H,36,47)(H,37,43);4H,1-3H3;2H2,1H3,(H,4,5);1-2H3;1H2. The summed E-state index contributed by atoms with van der Waals surface area (Å²) in [7, 11) is 1.39. The fraction of sp³-hybridized carbons (Fsp3) is 0.775. The minimum Gasteiger partial charge on any atom is -0.481 e. The average Bonchev–Trinajstić information content (AvgIpc) is 3.66. The molecule has 1 aliphatic heterocycles. The second-order valence-electron chi connectivity index (χ2n) is 15.4. The highest BCUT2D eigenvalue weighted by Crippen LogP contribution is 2.24. The van der Waals surface area contributed by atoms with Gasteiger partial charge in [0.2, 0.25) is 41.4 Å². The lowest BCUT2D eigenvalue weighted by Gasteiger charge is -2.29. The number of likely N-dealkylation sites (tertiary alicyclic amines) is 1. The predicted molar refractivity (Wildman–Crippen MR) is 226 cm³/mol. The van der Waals surface area contributed by atoms with E-state index in [-0.39, 0.29) is 56.2 Å². The Morgan fingerprint density at radius 3 is 1.78 bits per heavy atom. The van der Waals surface area contributed by atoms with E-state index in [1.165, 1.54) is 18.9 Å². The van der Waals surface area contributed by atoms with Gasteiger partial charge in [-0.25, -0.2) is 0 Å². The van der Waals surface area contributed by atoms with E-state index in [1.807, 2.05) is 27.7 Å². The minimum absolute atomic E-state index is 0. The highest BCUT2D eigenvalue weighted by atomic mass is 16.5. The second-order valence-corrected chi connectivity index (χ2v) is 15.4. The Morgan fingerprint density at radius 2 is 1.30 bits per heavy atom. The van der Waals surface area contributed by atoms with Gasteiger partial charge < -0.3 is 57.2 Å². The van der Waals surface area contributed by atoms with Gasteiger partial charge in [-0.15, -0.1) is 0 Å². The summed E-state index contributed by atoms with van der Waals surface area (Å²) in [5, 5.41) is 31.9. The molecule has 0 aromatic heterocycles. The lowest BCUT2D eigenvalue weighted by Crippen LogP contribution is -2.56. The largest absolute Gasteiger partial charge is 0.481 e. The van der Waals surface area contributed by atoms with Crippen LogP contribution in [-0.2, 0) is 47.9 Å². The molecule has 0 bridgehead atoms. The number of Topliss-reactive ketones (excluding diaryl/α,β-unsaturated/α-hetero) is 1. The van der Waals surface area contributed by atoms with Crippen LogP contribution in [0.25, 0.3) is 0 Å². The SMILES string of the molecule is CC.CC(C)C.CCC(=O)CC(C)(C)OCCC(C)(C)C(=O)NCC(=O)N1CCCC1C(=O)NCC(=O)NC(C(=O)NCC(=O)NCC(=O)NC)C(C)O.CCC(=O)O.O. The van der Waals surface area contributed by atoms with E-state index in [2.05, 4.69) is 52.7 Å². The Balaban J connectivity index is -0.00000116. The van der Waals surface area contributed by atoms with Gasteiger partial charge in [0.25, 0.3) is 0 Å². The van der Waals surface area contributed by atoms with Crippen molar-refractivity contribution in [1.82, 2.24) is 36.8 Å². The molecule has 7 amide bonds. The molecule has 0 aromatic carbocycles. The quantitative estimate of drug-likeness (QED) is 0.0755. The number of carboxylic acid groups (broad SMARTS) is 1. The van der Waals surface area contributed by atoms with Gasteiger partial charge in [0, 0.05) is 44.9 Å². The predicted octanol–water partition coefficient (Wildman–Crippen LogP) is -0.0207. The summed E-state index contributed by atoms with van der Waals surface area (Å²) < 4.78 is 5.85. The molecule has 10 N–H and O–H groups in total. The molecule has 1 aliphatic rings. The summed E-state index contributed by atoms with van der Waals surface area (Å²) >= 11 is 0. The lowest BCUT2D eigenvalue weighted by atomic mass is 9.88. The van der Waals surface area contributed by atoms with Crippen LogP contribution in [0, 0.1) is 11.3 Å². The first kappa shape index (κ1) is 62.0. The maximum absolute atomic E-state index is 13.0. The molecule has 1 saturated heterocycles. The Morgan fingerprint density at radius 1 is 0.783 bits per heavy atom. The van der Waals surface area contributed by atoms with Gasteiger partial charge in [0.1, 0.15) is 17.9 Å². The lowest BCUT2D eigenvalue weighted by molar-refractivity contribution is -0.140. The van der Waals surface area contributed by atoms with Crippen molar-refractivity contribution in [2.45, 2.75) is 145 Å². The zero-order valence-corrected chi connectivity index (χ0v) is 38.2. The van der Waals surface area contributed by atoms with E-state index in [0.29, 0.717) is 25.7 Å². The number of aliphatic hydroxyl groups is 1. The molecular formula is C40H77N7O13. The van der Waals surface area contributed by atoms with Gasteiger partial charge in [0.05, 0.1) is 37.9 Å². The molecular weight excluding hydrogens is 786 g/mol. The number of hydrogen-bond donors (Lipinski definition) is 8. The van der Waals surface area contributed by atoms with Gasteiger partial charge in [-0.3, -0.25) is 43.2 Å². The second kappa shape index (κ2) is 33.1. The number of hydrogen-bond acceptors (Lipinski definition) is 11. The monoisotopic (exact) mass is 864 g/mol. The summed E-state index contributed by atoms with van der Waals surface area (Å²) in [5.41, 5.74) is -1.54. The maximum Gasteiger partial charge on any atom is 0.303 e. The molecule has 20 nitrogen and oxygen atoms in total. The number of ketones is 1. The molecule has 20 heteroatoms. The zero-order valence-electron chi connectivity index (χ0n) is 38.2. The smallest absolute Gasteiger partial charge is 0.303 e. The van der Waals surface area contributed by atoms with Crippen molar-refractivity contribution in [2.24, 2.45) is 11.3 Å². The third kappa shape index (κ3) is 29.5. The number of ether oxygens (including phenoxy) is 1. The molecule has 3 atom stereocenters. The van der Waals surface area contributed by atoms with Crippen LogP contribution in [0.15, 0.2) is 0 Å². The van der Waals surface area contributed by atoms with Crippen molar-refractivity contribution >= 4 is 53.1 Å². The normalized spacial score (nSPS) is 14.0. The van der Waals surface area contributed by atoms with Gasteiger partial charge in [-0.05, 0) is 46.0 Å². The number of aliphatic hydroxyl groups excluding tert-OH is 1. The maximum atomic E-state index is 13.0. The third-order valence-corrected chi connectivity index (χ3v) is 8.08. The Hall–Kier alpha value is -4.69. The Bertz CT molecular complexity index is 1350. The molecule has 0 saturated carbocycles. The van der Waals surface area contributed by atoms with Crippen LogP contribution in [0.3, 0.4) is 0 Å². The van der Waals surface area contributed by atoms with E-state index in [9.17, 15) is 48.3 Å². The Labute approximate surface area is 356 Å². The first-order valence-corrected chi connectivity index (χ1v) is 20.3. The number of aliphatic carboxylic acids is 1. The molecule has 1 fully saturated rings. The van der Waals surface area contributed by atoms with Gasteiger partial charge >= 0.3 is 5.97 Å². The minimum atomic E-state index is -1.44. The number of rotatable bonds is 21. The van der Waals surface area contributed by atoms with Crippen molar-refractivity contribution in [3.63, 3.8) is 0 Å². The van der Waals surface area contributed by atoms with Crippen LogP contribution in [0.5, 0.6) is 0 Å². The molecule has 1 heterocycles. The van der Waals surface area contributed by atoms with E-state index in [0.717, 1.165) is 5.92 Å². The number of carboxylic acids is 1. The number of likely N-dealkylation sites (N-methyl/N-ethyl adjacent to an activating group) is 1. The molecule has 3 unspecified atom stereocenters. The number of nitrogens with zero attached hydrogens (tertiary/aromatic N) is 1. The topological polar surface area (TPSA) is 310 Å². The summed E-state index contributed by atoms with van der Waals surface area (Å²) in [5.74, 6) is -4.05. The first-order chi connectivity index (χ1) is 27.3. The fourth-order valence-corrected chi connectivity index (χ4v) is 4.70. The number of carbonyl (C=O) groups excluding carboxylic acids is 8. The van der Waals surface area contributed by atoms with Crippen molar-refractivity contribution in [2.75, 3.05) is 46.4 Å². The van der Waals surface area contributed by atoms with Crippen LogP contribution < -0.4 is 31.9 Å². The molecule has 1 rings (SSSR count). The van der Waals surface area contributed by atoms with Crippen molar-refractivity contribution < 1.29 is 63.6 Å². The number of amides is 7. The van der Waals surface area contributed by atoms with Crippen molar-refractivity contribution in [1.29, 1.82) is 0 Å². The molecule has 0 aromatic rings. The molecule has 0 spiro atoms. The zero-order chi connectivity index (χ0) is 46.5. The van der Waals surface area contributed by atoms with E-state index in [4.69, 9.17) is 9.84 Å². The van der Waals surface area contributed by atoms with Crippen LogP contribution in [0.2, 0.25) is 0 Å². The molecule has 0 radical (unpaired) electrons. The first-order valence-electron chi connectivity index (χ1n) is 20.3. The summed E-state index contributed by atoms with van der Waals surface area (Å²) in [6, 6.07) is -2.32. The average molecular weight is 864 g/mol. The highest BCUT2D eigenvalue weighted by molar-refractivity contribution is 5.95. The summed E-state index contributed by atoms with van der Waals surface area (Å²) in [6.45, 7) is 21.0. The highest BCUT2D eigenvalue weighted by Gasteiger charge is 2.36. The van der Waals surface area contributed by atoms with Gasteiger partial charge in [0.15, 0.2) is 0 Å². The summed E-state index contributed by atoms with van der Waals surface area (Å²) in [6.07, 6.45) is 0.778. The van der Waals surface area contributed by atoms with Crippen LogP contribution in [0.1, 0.15) is 122 Å². The molecule has 350 valence electrons. The number of nitrogens with one attached hydrogen (secondary N) is 6. The third-order valence-electron chi connectivity index (χ3n) is 8.08. The molecule has 0 aliphatic carbocycles. The van der Waals surface area contributed by atoms with E-state index in [1.54, 1.807) is 27.7 Å². The van der Waals surface area contributed by atoms with Gasteiger partial charge in [-0.1, -0.05) is 62.3 Å². The fourth-order valence-electron chi connectivity index (χ4n) is 4.70. The van der Waals surface area contributed by atoms with Crippen LogP contribution in [-0.4, -0.2) is 144 Å². The Kier molecular flexibility index (Phi) is 34.2. The number of carbonyl (C=O) groups is 9. The summed E-state index contributed by atoms with van der Waals surface area (Å²) in [4.78, 5) is 109. The van der Waals surface area contributed by atoms with E-state index >= 15 is 0 Å². The van der Waals surface area contributed by atoms with Crippen LogP contribution >= 0.6 is 0 Å². The van der Waals surface area contributed by atoms with Crippen molar-refractivity contribution in [3.05, 3.63) is 0 Å².